The molecule has 5 nitrogen and oxygen atoms in total. The first kappa shape index (κ1) is 18.9. The van der Waals surface area contributed by atoms with Crippen LogP contribution in [0.15, 0.2) is 34.1 Å². The van der Waals surface area contributed by atoms with Crippen molar-refractivity contribution in [2.24, 2.45) is 0 Å². The summed E-state index contributed by atoms with van der Waals surface area (Å²) in [6, 6.07) is 8.02. The molecule has 0 bridgehead atoms. The maximum atomic E-state index is 9.93. The molecule has 0 saturated heterocycles. The highest BCUT2D eigenvalue weighted by Crippen LogP contribution is 2.49. The average molecular weight is 375 g/mol. The van der Waals surface area contributed by atoms with Crippen LogP contribution in [0.4, 0.5) is 17.1 Å². The van der Waals surface area contributed by atoms with Gasteiger partial charge < -0.3 is 24.8 Å². The zero-order valence-corrected chi connectivity index (χ0v) is 16.6. The minimum atomic E-state index is 0.300. The summed E-state index contributed by atoms with van der Waals surface area (Å²) in [7, 11) is 3.44. The summed E-state index contributed by atoms with van der Waals surface area (Å²) in [5.74, 6) is 0.300. The van der Waals surface area contributed by atoms with Crippen molar-refractivity contribution in [2.45, 2.75) is 23.6 Å². The topological polar surface area (TPSA) is 54.0 Å². The Balaban J connectivity index is 1.94. The molecule has 0 aromatic heterocycles. The summed E-state index contributed by atoms with van der Waals surface area (Å²) >= 11 is 1.69. The number of benzene rings is 2. The van der Waals surface area contributed by atoms with Crippen molar-refractivity contribution in [2.75, 3.05) is 50.7 Å². The standard InChI is InChI=1S/C20H26N2O3S/c1-13-9-15(22(5-7-24-3)6-8-25-4)11-17-19(13)21-20-14(2)10-16(23)12-18(20)26-17/h9-12,21,23H,5-8H2,1-4H3. The van der Waals surface area contributed by atoms with Crippen LogP contribution >= 0.6 is 11.8 Å². The summed E-state index contributed by atoms with van der Waals surface area (Å²) in [6.07, 6.45) is 0. The van der Waals surface area contributed by atoms with Gasteiger partial charge in [-0.2, -0.15) is 0 Å². The molecule has 0 unspecified atom stereocenters. The quantitative estimate of drug-likeness (QED) is 0.601. The Morgan fingerprint density at radius 1 is 0.923 bits per heavy atom. The van der Waals surface area contributed by atoms with Crippen LogP contribution in [-0.2, 0) is 9.47 Å². The lowest BCUT2D eigenvalue weighted by Crippen LogP contribution is -2.30. The van der Waals surface area contributed by atoms with Crippen molar-refractivity contribution < 1.29 is 14.6 Å². The Morgan fingerprint density at radius 3 is 2.12 bits per heavy atom. The third-order valence-corrected chi connectivity index (χ3v) is 5.62. The van der Waals surface area contributed by atoms with Gasteiger partial charge in [0.15, 0.2) is 0 Å². The molecule has 26 heavy (non-hydrogen) atoms. The van der Waals surface area contributed by atoms with Crippen LogP contribution in [0.2, 0.25) is 0 Å². The van der Waals surface area contributed by atoms with E-state index in [1.54, 1.807) is 32.0 Å². The molecule has 0 aliphatic carbocycles. The Hall–Kier alpha value is -1.89. The van der Waals surface area contributed by atoms with E-state index in [1.807, 2.05) is 13.0 Å². The van der Waals surface area contributed by atoms with Crippen LogP contribution in [0.25, 0.3) is 0 Å². The predicted octanol–water partition coefficient (Wildman–Crippen LogP) is 4.32. The molecule has 140 valence electrons. The second-order valence-electron chi connectivity index (χ2n) is 6.47. The fourth-order valence-electron chi connectivity index (χ4n) is 3.15. The molecule has 0 saturated carbocycles. The van der Waals surface area contributed by atoms with Crippen LogP contribution in [0.5, 0.6) is 5.75 Å². The van der Waals surface area contributed by atoms with E-state index in [9.17, 15) is 5.11 Å². The number of fused-ring (bicyclic) bond motifs is 2. The molecule has 1 heterocycles. The van der Waals surface area contributed by atoms with Gasteiger partial charge in [0.2, 0.25) is 0 Å². The molecule has 1 aliphatic heterocycles. The van der Waals surface area contributed by atoms with Gasteiger partial charge in [-0.1, -0.05) is 11.8 Å². The molecule has 2 N–H and O–H groups in total. The van der Waals surface area contributed by atoms with E-state index in [2.05, 4.69) is 29.3 Å². The maximum Gasteiger partial charge on any atom is 0.117 e. The highest BCUT2D eigenvalue weighted by Gasteiger charge is 2.21. The van der Waals surface area contributed by atoms with Gasteiger partial charge in [0.1, 0.15) is 5.75 Å². The molecule has 2 aromatic rings. The number of hydrogen-bond donors (Lipinski definition) is 2. The van der Waals surface area contributed by atoms with Crippen LogP contribution in [0.3, 0.4) is 0 Å². The summed E-state index contributed by atoms with van der Waals surface area (Å²) in [5, 5.41) is 13.5. The Morgan fingerprint density at radius 2 is 1.50 bits per heavy atom. The molecule has 6 heteroatoms. The van der Waals surface area contributed by atoms with Crippen LogP contribution in [0, 0.1) is 13.8 Å². The van der Waals surface area contributed by atoms with E-state index >= 15 is 0 Å². The Bertz CT molecular complexity index is 787. The van der Waals surface area contributed by atoms with Gasteiger partial charge in [0.25, 0.3) is 0 Å². The van der Waals surface area contributed by atoms with Gasteiger partial charge in [-0.15, -0.1) is 0 Å². The van der Waals surface area contributed by atoms with E-state index in [0.29, 0.717) is 19.0 Å². The van der Waals surface area contributed by atoms with E-state index < -0.39 is 0 Å². The fourth-order valence-corrected chi connectivity index (χ4v) is 4.38. The van der Waals surface area contributed by atoms with Crippen molar-refractivity contribution >= 4 is 28.8 Å². The van der Waals surface area contributed by atoms with Crippen LogP contribution < -0.4 is 10.2 Å². The lowest BCUT2D eigenvalue weighted by atomic mass is 10.1. The summed E-state index contributed by atoms with van der Waals surface area (Å²) in [5.41, 5.74) is 5.61. The Labute approximate surface area is 159 Å². The molecule has 2 aromatic carbocycles. The van der Waals surface area contributed by atoms with Gasteiger partial charge in [0, 0.05) is 42.8 Å². The smallest absolute Gasteiger partial charge is 0.117 e. The van der Waals surface area contributed by atoms with E-state index in [1.165, 1.54) is 5.56 Å². The average Bonchev–Trinajstić information content (AvgIpc) is 2.60. The second kappa shape index (κ2) is 8.20. The SMILES string of the molecule is COCCN(CCOC)c1cc(C)c2c(c1)Sc1cc(O)cc(C)c1N2. The molecule has 0 atom stereocenters. The number of nitrogens with zero attached hydrogens (tertiary/aromatic N) is 1. The van der Waals surface area contributed by atoms with E-state index in [0.717, 1.165) is 45.5 Å². The normalized spacial score (nSPS) is 12.3. The fraction of sp³-hybridized carbons (Fsp3) is 0.400. The number of aryl methyl sites for hydroxylation is 2. The molecule has 0 amide bonds. The number of phenols is 1. The summed E-state index contributed by atoms with van der Waals surface area (Å²) in [4.78, 5) is 4.49. The van der Waals surface area contributed by atoms with Gasteiger partial charge in [0.05, 0.1) is 24.6 Å². The lowest BCUT2D eigenvalue weighted by Gasteiger charge is -2.29. The zero-order chi connectivity index (χ0) is 18.7. The minimum Gasteiger partial charge on any atom is -0.508 e. The highest BCUT2D eigenvalue weighted by molar-refractivity contribution is 7.99. The van der Waals surface area contributed by atoms with Gasteiger partial charge >= 0.3 is 0 Å². The van der Waals surface area contributed by atoms with Crippen molar-refractivity contribution in [3.8, 4) is 5.75 Å². The number of rotatable bonds is 7. The molecule has 1 aliphatic rings. The second-order valence-corrected chi connectivity index (χ2v) is 7.56. The molecule has 0 radical (unpaired) electrons. The first-order valence-corrected chi connectivity index (χ1v) is 9.51. The third kappa shape index (κ3) is 3.92. The van der Waals surface area contributed by atoms with Crippen molar-refractivity contribution in [3.05, 3.63) is 35.4 Å². The molecular formula is C20H26N2O3S. The summed E-state index contributed by atoms with van der Waals surface area (Å²) in [6.45, 7) is 7.10. The number of methoxy groups -OCH3 is 2. The largest absolute Gasteiger partial charge is 0.508 e. The summed E-state index contributed by atoms with van der Waals surface area (Å²) < 4.78 is 10.5. The molecule has 3 rings (SSSR count). The first-order valence-electron chi connectivity index (χ1n) is 8.69. The number of ether oxygens (including phenoxy) is 2. The van der Waals surface area contributed by atoms with E-state index in [-0.39, 0.29) is 0 Å². The maximum absolute atomic E-state index is 9.93. The highest BCUT2D eigenvalue weighted by atomic mass is 32.2. The van der Waals surface area contributed by atoms with Crippen LogP contribution in [0.1, 0.15) is 11.1 Å². The minimum absolute atomic E-state index is 0.300. The first-order chi connectivity index (χ1) is 12.5. The third-order valence-electron chi connectivity index (χ3n) is 4.53. The number of nitrogens with one attached hydrogen (secondary N) is 1. The number of phenolic OH excluding ortho intramolecular Hbond substituents is 1. The van der Waals surface area contributed by atoms with Gasteiger partial charge in [-0.25, -0.2) is 0 Å². The van der Waals surface area contributed by atoms with Gasteiger partial charge in [-0.05, 0) is 49.2 Å². The lowest BCUT2D eigenvalue weighted by molar-refractivity contribution is 0.190. The monoisotopic (exact) mass is 374 g/mol. The zero-order valence-electron chi connectivity index (χ0n) is 15.8. The predicted molar refractivity (Wildman–Crippen MR) is 107 cm³/mol. The van der Waals surface area contributed by atoms with Crippen molar-refractivity contribution in [1.29, 1.82) is 0 Å². The number of hydrogen-bond acceptors (Lipinski definition) is 6. The van der Waals surface area contributed by atoms with Crippen molar-refractivity contribution in [3.63, 3.8) is 0 Å². The molecule has 0 spiro atoms. The van der Waals surface area contributed by atoms with E-state index in [4.69, 9.17) is 9.47 Å². The van der Waals surface area contributed by atoms with Crippen LogP contribution in [-0.4, -0.2) is 45.6 Å². The number of anilines is 3. The Kier molecular flexibility index (Phi) is 5.96. The van der Waals surface area contributed by atoms with Gasteiger partial charge in [-0.3, -0.25) is 0 Å². The van der Waals surface area contributed by atoms with Crippen molar-refractivity contribution in [1.82, 2.24) is 0 Å². The molecule has 0 fully saturated rings. The molecular weight excluding hydrogens is 348 g/mol. The number of aromatic hydroxyl groups is 1.